The van der Waals surface area contributed by atoms with E-state index >= 15 is 0 Å². The van der Waals surface area contributed by atoms with Gasteiger partial charge in [0.1, 0.15) is 12.2 Å². The van der Waals surface area contributed by atoms with E-state index in [0.29, 0.717) is 0 Å². The predicted molar refractivity (Wildman–Crippen MR) is 78.0 cm³/mol. The second kappa shape index (κ2) is 5.79. The van der Waals surface area contributed by atoms with Crippen molar-refractivity contribution >= 4 is 10.8 Å². The van der Waals surface area contributed by atoms with Crippen LogP contribution in [0.25, 0.3) is 10.8 Å². The molecule has 0 unspecified atom stereocenters. The number of hydrogen-bond donors (Lipinski definition) is 1. The molecule has 1 aromatic carbocycles. The van der Waals surface area contributed by atoms with Crippen molar-refractivity contribution in [2.75, 3.05) is 0 Å². The molecule has 2 heterocycles. The molecule has 3 aromatic rings. The molecule has 0 fully saturated rings. The summed E-state index contributed by atoms with van der Waals surface area (Å²) >= 11 is 0. The average molecular weight is 267 g/mol. The summed E-state index contributed by atoms with van der Waals surface area (Å²) in [7, 11) is 0. The Kier molecular flexibility index (Phi) is 3.69. The van der Waals surface area contributed by atoms with Crippen LogP contribution in [0.1, 0.15) is 18.3 Å². The zero-order valence-corrected chi connectivity index (χ0v) is 11.5. The second-order valence-electron chi connectivity index (χ2n) is 4.69. The molecule has 0 atom stereocenters. The number of rotatable bonds is 5. The molecule has 102 valence electrons. The van der Waals surface area contributed by atoms with Gasteiger partial charge in [0, 0.05) is 30.9 Å². The third-order valence-corrected chi connectivity index (χ3v) is 3.35. The van der Waals surface area contributed by atoms with E-state index in [2.05, 4.69) is 45.6 Å². The van der Waals surface area contributed by atoms with E-state index in [-0.39, 0.29) is 0 Å². The third-order valence-electron chi connectivity index (χ3n) is 3.35. The van der Waals surface area contributed by atoms with Crippen LogP contribution in [0.5, 0.6) is 0 Å². The molecule has 0 saturated heterocycles. The molecule has 0 spiro atoms. The summed E-state index contributed by atoms with van der Waals surface area (Å²) in [5.41, 5.74) is 1.26. The van der Waals surface area contributed by atoms with Crippen LogP contribution in [-0.2, 0) is 19.6 Å². The van der Waals surface area contributed by atoms with E-state index in [0.717, 1.165) is 25.5 Å². The number of fused-ring (bicyclic) bond motifs is 1. The van der Waals surface area contributed by atoms with Gasteiger partial charge in [0.2, 0.25) is 0 Å². The number of aryl methyl sites for hydroxylation is 1. The summed E-state index contributed by atoms with van der Waals surface area (Å²) in [6, 6.07) is 8.45. The molecule has 0 aliphatic rings. The lowest BCUT2D eigenvalue weighted by atomic mass is 10.1. The van der Waals surface area contributed by atoms with Gasteiger partial charge in [0.05, 0.1) is 6.54 Å². The molecule has 0 radical (unpaired) electrons. The Morgan fingerprint density at radius 3 is 3.00 bits per heavy atom. The van der Waals surface area contributed by atoms with Gasteiger partial charge in [-0.1, -0.05) is 12.1 Å². The number of pyridine rings is 1. The zero-order chi connectivity index (χ0) is 13.8. The predicted octanol–water partition coefficient (Wildman–Crippen LogP) is 2.14. The van der Waals surface area contributed by atoms with Gasteiger partial charge in [-0.3, -0.25) is 4.98 Å². The first kappa shape index (κ1) is 12.7. The maximum absolute atomic E-state index is 4.12. The summed E-state index contributed by atoms with van der Waals surface area (Å²) in [6.45, 7) is 4.52. The van der Waals surface area contributed by atoms with Gasteiger partial charge in [0.15, 0.2) is 0 Å². The number of aromatic nitrogens is 4. The van der Waals surface area contributed by atoms with Crippen molar-refractivity contribution in [3.8, 4) is 0 Å². The Balaban J connectivity index is 1.65. The molecular weight excluding hydrogens is 250 g/mol. The van der Waals surface area contributed by atoms with E-state index in [1.54, 1.807) is 6.33 Å². The lowest BCUT2D eigenvalue weighted by Gasteiger charge is -2.07. The highest BCUT2D eigenvalue weighted by atomic mass is 15.3. The molecule has 0 saturated carbocycles. The number of hydrogen-bond acceptors (Lipinski definition) is 4. The maximum Gasteiger partial charge on any atom is 0.146 e. The zero-order valence-electron chi connectivity index (χ0n) is 11.5. The van der Waals surface area contributed by atoms with E-state index in [1.807, 2.05) is 23.0 Å². The molecule has 1 N–H and O–H groups in total. The normalized spacial score (nSPS) is 11.1. The Bertz CT molecular complexity index is 704. The minimum atomic E-state index is 0.724. The van der Waals surface area contributed by atoms with Crippen molar-refractivity contribution in [2.45, 2.75) is 26.6 Å². The highest BCUT2D eigenvalue weighted by Crippen LogP contribution is 2.14. The first-order valence-corrected chi connectivity index (χ1v) is 6.77. The first-order valence-electron chi connectivity index (χ1n) is 6.77. The molecule has 0 amide bonds. The van der Waals surface area contributed by atoms with Gasteiger partial charge < -0.3 is 9.88 Å². The third kappa shape index (κ3) is 2.67. The van der Waals surface area contributed by atoms with E-state index in [9.17, 15) is 0 Å². The topological polar surface area (TPSA) is 55.6 Å². The summed E-state index contributed by atoms with van der Waals surface area (Å²) in [4.78, 5) is 4.12. The highest BCUT2D eigenvalue weighted by molar-refractivity contribution is 5.81. The lowest BCUT2D eigenvalue weighted by Crippen LogP contribution is -2.16. The van der Waals surface area contributed by atoms with Crippen molar-refractivity contribution in [3.63, 3.8) is 0 Å². The van der Waals surface area contributed by atoms with Gasteiger partial charge in [-0.15, -0.1) is 10.2 Å². The molecule has 5 heteroatoms. The summed E-state index contributed by atoms with van der Waals surface area (Å²) in [6.07, 6.45) is 5.47. The summed E-state index contributed by atoms with van der Waals surface area (Å²) in [5.74, 6) is 0.970. The molecule has 0 aliphatic heterocycles. The van der Waals surface area contributed by atoms with Crippen LogP contribution in [-0.4, -0.2) is 19.7 Å². The van der Waals surface area contributed by atoms with Crippen LogP contribution >= 0.6 is 0 Å². The first-order chi connectivity index (χ1) is 9.86. The van der Waals surface area contributed by atoms with Gasteiger partial charge in [0.25, 0.3) is 0 Å². The monoisotopic (exact) mass is 267 g/mol. The minimum Gasteiger partial charge on any atom is -0.317 e. The van der Waals surface area contributed by atoms with E-state index in [4.69, 9.17) is 0 Å². The average Bonchev–Trinajstić information content (AvgIpc) is 2.95. The van der Waals surface area contributed by atoms with Crippen molar-refractivity contribution in [1.82, 2.24) is 25.1 Å². The van der Waals surface area contributed by atoms with Gasteiger partial charge in [-0.05, 0) is 30.0 Å². The summed E-state index contributed by atoms with van der Waals surface area (Å²) < 4.78 is 2.04. The molecule has 2 aromatic heterocycles. The molecular formula is C15H17N5. The van der Waals surface area contributed by atoms with Crippen molar-refractivity contribution in [1.29, 1.82) is 0 Å². The highest BCUT2D eigenvalue weighted by Gasteiger charge is 2.02. The SMILES string of the molecule is CCn1cnnc1CNCc1ccc2cnccc2c1. The minimum absolute atomic E-state index is 0.724. The second-order valence-corrected chi connectivity index (χ2v) is 4.69. The number of nitrogens with zero attached hydrogens (tertiary/aromatic N) is 4. The Morgan fingerprint density at radius 1 is 1.15 bits per heavy atom. The fraction of sp³-hybridized carbons (Fsp3) is 0.267. The Hall–Kier alpha value is -2.27. The van der Waals surface area contributed by atoms with Crippen LogP contribution in [0.15, 0.2) is 43.0 Å². The molecule has 3 rings (SSSR count). The molecule has 20 heavy (non-hydrogen) atoms. The molecule has 5 nitrogen and oxygen atoms in total. The lowest BCUT2D eigenvalue weighted by molar-refractivity contribution is 0.612. The van der Waals surface area contributed by atoms with Gasteiger partial charge in [-0.2, -0.15) is 0 Å². The molecule has 0 aliphatic carbocycles. The largest absolute Gasteiger partial charge is 0.317 e. The fourth-order valence-electron chi connectivity index (χ4n) is 2.24. The van der Waals surface area contributed by atoms with Crippen LogP contribution in [0.2, 0.25) is 0 Å². The smallest absolute Gasteiger partial charge is 0.146 e. The number of nitrogens with one attached hydrogen (secondary N) is 1. The standard InChI is InChI=1S/C15H17N5/c1-2-20-11-18-19-15(20)10-17-8-12-3-4-14-9-16-6-5-13(14)7-12/h3-7,9,11,17H,2,8,10H2,1H3. The van der Waals surface area contributed by atoms with Gasteiger partial charge >= 0.3 is 0 Å². The maximum atomic E-state index is 4.12. The quantitative estimate of drug-likeness (QED) is 0.769. The van der Waals surface area contributed by atoms with Crippen LogP contribution in [0.4, 0.5) is 0 Å². The van der Waals surface area contributed by atoms with Crippen LogP contribution in [0.3, 0.4) is 0 Å². The molecule has 0 bridgehead atoms. The Labute approximate surface area is 117 Å². The van der Waals surface area contributed by atoms with Crippen LogP contribution in [0, 0.1) is 0 Å². The van der Waals surface area contributed by atoms with Crippen LogP contribution < -0.4 is 5.32 Å². The fourth-order valence-corrected chi connectivity index (χ4v) is 2.24. The number of benzene rings is 1. The Morgan fingerprint density at radius 2 is 2.10 bits per heavy atom. The van der Waals surface area contributed by atoms with Gasteiger partial charge in [-0.25, -0.2) is 0 Å². The van der Waals surface area contributed by atoms with Crippen molar-refractivity contribution in [2.24, 2.45) is 0 Å². The van der Waals surface area contributed by atoms with E-state index in [1.165, 1.54) is 16.3 Å². The van der Waals surface area contributed by atoms with Crippen molar-refractivity contribution in [3.05, 3.63) is 54.4 Å². The van der Waals surface area contributed by atoms with Crippen molar-refractivity contribution < 1.29 is 0 Å². The van der Waals surface area contributed by atoms with E-state index < -0.39 is 0 Å². The summed E-state index contributed by atoms with van der Waals surface area (Å²) in [5, 5.41) is 13.8.